The summed E-state index contributed by atoms with van der Waals surface area (Å²) in [4.78, 5) is 6.25. The molecule has 0 N–H and O–H groups in total. The van der Waals surface area contributed by atoms with E-state index in [0.29, 0.717) is 5.33 Å². The van der Waals surface area contributed by atoms with Crippen molar-refractivity contribution in [3.63, 3.8) is 0 Å². The molecule has 19 heavy (non-hydrogen) atoms. The number of benzene rings is 1. The van der Waals surface area contributed by atoms with Crippen molar-refractivity contribution < 1.29 is 4.39 Å². The standard InChI is InChI=1S/C15H16BrFN2/c1-2-19(11-12-5-7-18-8-6-12)15-4-3-14(17)9-13(15)10-16/h3-9H,2,10-11H2,1H3. The number of halogens is 2. The molecule has 0 fully saturated rings. The van der Waals surface area contributed by atoms with E-state index in [1.807, 2.05) is 18.2 Å². The Morgan fingerprint density at radius 1 is 1.21 bits per heavy atom. The van der Waals surface area contributed by atoms with Gasteiger partial charge >= 0.3 is 0 Å². The van der Waals surface area contributed by atoms with Gasteiger partial charge in [0, 0.05) is 36.5 Å². The highest BCUT2D eigenvalue weighted by atomic mass is 79.9. The number of hydrogen-bond acceptors (Lipinski definition) is 2. The molecular weight excluding hydrogens is 307 g/mol. The van der Waals surface area contributed by atoms with Crippen LogP contribution >= 0.6 is 15.9 Å². The highest BCUT2D eigenvalue weighted by molar-refractivity contribution is 9.08. The molecule has 1 aromatic heterocycles. The normalized spacial score (nSPS) is 10.5. The van der Waals surface area contributed by atoms with Gasteiger partial charge in [0.25, 0.3) is 0 Å². The second-order valence-corrected chi connectivity index (χ2v) is 4.84. The minimum absolute atomic E-state index is 0.196. The number of pyridine rings is 1. The van der Waals surface area contributed by atoms with Crippen LogP contribution in [0.15, 0.2) is 42.7 Å². The topological polar surface area (TPSA) is 16.1 Å². The molecule has 0 spiro atoms. The quantitative estimate of drug-likeness (QED) is 0.769. The fourth-order valence-electron chi connectivity index (χ4n) is 2.05. The van der Waals surface area contributed by atoms with Gasteiger partial charge in [-0.1, -0.05) is 15.9 Å². The Morgan fingerprint density at radius 3 is 2.58 bits per heavy atom. The maximum Gasteiger partial charge on any atom is 0.123 e. The van der Waals surface area contributed by atoms with E-state index in [0.717, 1.165) is 24.3 Å². The minimum atomic E-state index is -0.196. The maximum absolute atomic E-state index is 13.3. The molecule has 0 aliphatic carbocycles. The van der Waals surface area contributed by atoms with E-state index in [2.05, 4.69) is 32.7 Å². The highest BCUT2D eigenvalue weighted by Crippen LogP contribution is 2.25. The van der Waals surface area contributed by atoms with Crippen LogP contribution < -0.4 is 4.90 Å². The Bertz CT molecular complexity index is 531. The molecule has 100 valence electrons. The van der Waals surface area contributed by atoms with Crippen LogP contribution in [0.1, 0.15) is 18.1 Å². The first-order valence-corrected chi connectivity index (χ1v) is 7.35. The van der Waals surface area contributed by atoms with Gasteiger partial charge in [-0.3, -0.25) is 4.98 Å². The third-order valence-electron chi connectivity index (χ3n) is 3.03. The van der Waals surface area contributed by atoms with Gasteiger partial charge in [-0.15, -0.1) is 0 Å². The molecule has 0 saturated heterocycles. The molecule has 1 heterocycles. The Labute approximate surface area is 121 Å². The van der Waals surface area contributed by atoms with Crippen molar-refractivity contribution in [1.82, 2.24) is 4.98 Å². The third kappa shape index (κ3) is 3.53. The van der Waals surface area contributed by atoms with Gasteiger partial charge in [0.1, 0.15) is 5.82 Å². The van der Waals surface area contributed by atoms with E-state index >= 15 is 0 Å². The van der Waals surface area contributed by atoms with Gasteiger partial charge < -0.3 is 4.90 Å². The van der Waals surface area contributed by atoms with Gasteiger partial charge in [0.2, 0.25) is 0 Å². The average Bonchev–Trinajstić information content (AvgIpc) is 2.46. The molecule has 4 heteroatoms. The van der Waals surface area contributed by atoms with Crippen LogP contribution in [0, 0.1) is 5.82 Å². The van der Waals surface area contributed by atoms with Crippen LogP contribution in [0.25, 0.3) is 0 Å². The molecular formula is C15H16BrFN2. The Balaban J connectivity index is 2.27. The smallest absolute Gasteiger partial charge is 0.123 e. The molecule has 0 bridgehead atoms. The van der Waals surface area contributed by atoms with Crippen LogP contribution in [0.2, 0.25) is 0 Å². The predicted octanol–water partition coefficient (Wildman–Crippen LogP) is 4.14. The van der Waals surface area contributed by atoms with Crippen molar-refractivity contribution in [3.05, 3.63) is 59.7 Å². The Morgan fingerprint density at radius 2 is 1.95 bits per heavy atom. The largest absolute Gasteiger partial charge is 0.367 e. The first-order valence-electron chi connectivity index (χ1n) is 6.22. The van der Waals surface area contributed by atoms with Crippen molar-refractivity contribution in [2.45, 2.75) is 18.8 Å². The van der Waals surface area contributed by atoms with E-state index < -0.39 is 0 Å². The van der Waals surface area contributed by atoms with Crippen molar-refractivity contribution in [3.8, 4) is 0 Å². The van der Waals surface area contributed by atoms with Crippen LogP contribution in [0.3, 0.4) is 0 Å². The zero-order valence-electron chi connectivity index (χ0n) is 10.8. The lowest BCUT2D eigenvalue weighted by molar-refractivity contribution is 0.626. The second-order valence-electron chi connectivity index (χ2n) is 4.28. The summed E-state index contributed by atoms with van der Waals surface area (Å²) >= 11 is 3.42. The molecule has 0 amide bonds. The number of hydrogen-bond donors (Lipinski definition) is 0. The molecule has 0 radical (unpaired) electrons. The van der Waals surface area contributed by atoms with Crippen molar-refractivity contribution in [2.24, 2.45) is 0 Å². The van der Waals surface area contributed by atoms with Crippen molar-refractivity contribution in [2.75, 3.05) is 11.4 Å². The van der Waals surface area contributed by atoms with E-state index in [9.17, 15) is 4.39 Å². The zero-order chi connectivity index (χ0) is 13.7. The van der Waals surface area contributed by atoms with E-state index in [-0.39, 0.29) is 5.82 Å². The fraction of sp³-hybridized carbons (Fsp3) is 0.267. The van der Waals surface area contributed by atoms with Crippen LogP contribution in [0.5, 0.6) is 0 Å². The van der Waals surface area contributed by atoms with Crippen LogP contribution in [-0.4, -0.2) is 11.5 Å². The number of alkyl halides is 1. The summed E-state index contributed by atoms with van der Waals surface area (Å²) in [6, 6.07) is 8.94. The number of aromatic nitrogens is 1. The SMILES string of the molecule is CCN(Cc1ccncc1)c1ccc(F)cc1CBr. The lowest BCUT2D eigenvalue weighted by Crippen LogP contribution is -2.23. The summed E-state index contributed by atoms with van der Waals surface area (Å²) < 4.78 is 13.3. The van der Waals surface area contributed by atoms with Crippen LogP contribution in [0.4, 0.5) is 10.1 Å². The average molecular weight is 323 g/mol. The third-order valence-corrected chi connectivity index (χ3v) is 3.63. The lowest BCUT2D eigenvalue weighted by Gasteiger charge is -2.25. The van der Waals surface area contributed by atoms with Crippen molar-refractivity contribution >= 4 is 21.6 Å². The maximum atomic E-state index is 13.3. The number of rotatable bonds is 5. The summed E-state index contributed by atoms with van der Waals surface area (Å²) in [6.45, 7) is 3.77. The molecule has 0 aliphatic rings. The van der Waals surface area contributed by atoms with Gasteiger partial charge in [-0.2, -0.15) is 0 Å². The lowest BCUT2D eigenvalue weighted by atomic mass is 10.1. The van der Waals surface area contributed by atoms with E-state index in [4.69, 9.17) is 0 Å². The van der Waals surface area contributed by atoms with Gasteiger partial charge in [0.05, 0.1) is 0 Å². The predicted molar refractivity (Wildman–Crippen MR) is 80.0 cm³/mol. The fourth-order valence-corrected chi connectivity index (χ4v) is 2.49. The number of anilines is 1. The summed E-state index contributed by atoms with van der Waals surface area (Å²) in [5.41, 5.74) is 3.23. The van der Waals surface area contributed by atoms with Crippen LogP contribution in [-0.2, 0) is 11.9 Å². The highest BCUT2D eigenvalue weighted by Gasteiger charge is 2.10. The number of nitrogens with zero attached hydrogens (tertiary/aromatic N) is 2. The van der Waals surface area contributed by atoms with E-state index in [1.165, 1.54) is 11.6 Å². The first kappa shape index (κ1) is 14.0. The molecule has 2 aromatic rings. The molecule has 0 atom stereocenters. The zero-order valence-corrected chi connectivity index (χ0v) is 12.4. The van der Waals surface area contributed by atoms with Gasteiger partial charge in [-0.25, -0.2) is 4.39 Å². The molecule has 0 unspecified atom stereocenters. The van der Waals surface area contributed by atoms with Gasteiger partial charge in [0.15, 0.2) is 0 Å². The summed E-state index contributed by atoms with van der Waals surface area (Å²) in [5.74, 6) is -0.196. The Hall–Kier alpha value is -1.42. The van der Waals surface area contributed by atoms with Gasteiger partial charge in [-0.05, 0) is 48.4 Å². The molecule has 2 rings (SSSR count). The summed E-state index contributed by atoms with van der Waals surface area (Å²) in [6.07, 6.45) is 3.58. The molecule has 0 saturated carbocycles. The minimum Gasteiger partial charge on any atom is -0.367 e. The summed E-state index contributed by atoms with van der Waals surface area (Å²) in [7, 11) is 0. The van der Waals surface area contributed by atoms with E-state index in [1.54, 1.807) is 18.5 Å². The summed E-state index contributed by atoms with van der Waals surface area (Å²) in [5, 5.41) is 0.646. The van der Waals surface area contributed by atoms with Crippen molar-refractivity contribution in [1.29, 1.82) is 0 Å². The Kier molecular flexibility index (Phi) is 4.91. The second kappa shape index (κ2) is 6.66. The molecule has 1 aromatic carbocycles. The molecule has 0 aliphatic heterocycles. The molecule has 2 nitrogen and oxygen atoms in total. The first-order chi connectivity index (χ1) is 9.24. The monoisotopic (exact) mass is 322 g/mol.